The van der Waals surface area contributed by atoms with Gasteiger partial charge < -0.3 is 4.74 Å². The van der Waals surface area contributed by atoms with E-state index in [0.717, 1.165) is 40.8 Å². The average Bonchev–Trinajstić information content (AvgIpc) is 3.15. The highest BCUT2D eigenvalue weighted by atomic mass is 127. The summed E-state index contributed by atoms with van der Waals surface area (Å²) in [5.41, 5.74) is 2.40. The number of rotatable bonds is 7. The van der Waals surface area contributed by atoms with Crippen LogP contribution in [0.3, 0.4) is 0 Å². The zero-order valence-corrected chi connectivity index (χ0v) is 24.7. The number of hydrogen-bond acceptors (Lipinski definition) is 6. The molecule has 5 rings (SSSR count). The fourth-order valence-corrected chi connectivity index (χ4v) is 7.07. The molecule has 1 aliphatic heterocycles. The number of hydrogen-bond donors (Lipinski definition) is 0. The van der Waals surface area contributed by atoms with Crippen LogP contribution in [0.2, 0.25) is 0 Å². The maximum atomic E-state index is 13.2. The second-order valence-electron chi connectivity index (χ2n) is 8.44. The van der Waals surface area contributed by atoms with Gasteiger partial charge in [-0.3, -0.25) is 24.6 Å². The van der Waals surface area contributed by atoms with Crippen molar-refractivity contribution in [2.45, 2.75) is 13.2 Å². The standard InChI is InChI=1S/C28H18I2N2O5S/c29-23-12-18(13-24(30)26(23)37-16-17-5-3-9-21(11-17)32(35)36)14-25-27(33)31(28(34)38-25)15-20-8-4-7-19-6-1-2-10-22(19)20/h1-14H,15-16H2/b25-14+. The largest absolute Gasteiger partial charge is 0.487 e. The van der Waals surface area contributed by atoms with Crippen molar-refractivity contribution in [2.24, 2.45) is 0 Å². The first kappa shape index (κ1) is 26.6. The van der Waals surface area contributed by atoms with Crippen molar-refractivity contribution in [3.8, 4) is 5.75 Å². The number of nitro benzene ring substituents is 1. The van der Waals surface area contributed by atoms with Gasteiger partial charge in [-0.05, 0) is 103 Å². The number of non-ortho nitro benzene ring substituents is 1. The van der Waals surface area contributed by atoms with Crippen LogP contribution in [0.15, 0.2) is 83.8 Å². The fourth-order valence-electron chi connectivity index (χ4n) is 4.10. The number of carbonyl (C=O) groups excluding carboxylic acids is 2. The van der Waals surface area contributed by atoms with Gasteiger partial charge >= 0.3 is 0 Å². The predicted molar refractivity (Wildman–Crippen MR) is 165 cm³/mol. The van der Waals surface area contributed by atoms with E-state index in [1.54, 1.807) is 18.2 Å². The Labute approximate surface area is 249 Å². The van der Waals surface area contributed by atoms with E-state index in [1.807, 2.05) is 54.6 Å². The van der Waals surface area contributed by atoms with E-state index in [1.165, 1.54) is 17.0 Å². The lowest BCUT2D eigenvalue weighted by molar-refractivity contribution is -0.384. The second kappa shape index (κ2) is 11.4. The molecule has 38 heavy (non-hydrogen) atoms. The van der Waals surface area contributed by atoms with E-state index in [0.29, 0.717) is 16.2 Å². The number of ether oxygens (including phenoxy) is 1. The predicted octanol–water partition coefficient (Wildman–Crippen LogP) is 7.77. The Bertz CT molecular complexity index is 1610. The molecule has 10 heteroatoms. The molecule has 4 aromatic carbocycles. The lowest BCUT2D eigenvalue weighted by atomic mass is 10.0. The third-order valence-electron chi connectivity index (χ3n) is 5.90. The molecular weight excluding hydrogens is 730 g/mol. The Hall–Kier alpha value is -2.97. The van der Waals surface area contributed by atoms with Gasteiger partial charge in [0.05, 0.1) is 23.5 Å². The van der Waals surface area contributed by atoms with E-state index in [-0.39, 0.29) is 30.0 Å². The first-order valence-electron chi connectivity index (χ1n) is 11.4. The van der Waals surface area contributed by atoms with Crippen molar-refractivity contribution < 1.29 is 19.2 Å². The minimum atomic E-state index is -0.435. The molecule has 4 aromatic rings. The van der Waals surface area contributed by atoms with Gasteiger partial charge in [0, 0.05) is 12.1 Å². The van der Waals surface area contributed by atoms with E-state index < -0.39 is 4.92 Å². The van der Waals surface area contributed by atoms with Crippen LogP contribution in [0.4, 0.5) is 10.5 Å². The maximum Gasteiger partial charge on any atom is 0.293 e. The Morgan fingerprint density at radius 3 is 2.42 bits per heavy atom. The summed E-state index contributed by atoms with van der Waals surface area (Å²) in [6.07, 6.45) is 1.72. The minimum absolute atomic E-state index is 0.0141. The van der Waals surface area contributed by atoms with Crippen molar-refractivity contribution >= 4 is 90.6 Å². The molecule has 0 aromatic heterocycles. The Kier molecular flexibility index (Phi) is 8.00. The summed E-state index contributed by atoms with van der Waals surface area (Å²) in [6.45, 7) is 0.392. The van der Waals surface area contributed by atoms with Crippen molar-refractivity contribution in [1.29, 1.82) is 0 Å². The summed E-state index contributed by atoms with van der Waals surface area (Å²) in [5, 5.41) is 12.8. The van der Waals surface area contributed by atoms with Crippen molar-refractivity contribution in [3.05, 3.63) is 118 Å². The van der Waals surface area contributed by atoms with Crippen molar-refractivity contribution in [1.82, 2.24) is 4.90 Å². The van der Waals surface area contributed by atoms with E-state index in [4.69, 9.17) is 4.74 Å². The molecule has 1 fully saturated rings. The van der Waals surface area contributed by atoms with Gasteiger partial charge in [0.1, 0.15) is 12.4 Å². The van der Waals surface area contributed by atoms with Crippen LogP contribution in [-0.2, 0) is 17.9 Å². The van der Waals surface area contributed by atoms with Gasteiger partial charge in [0.15, 0.2) is 0 Å². The first-order valence-corrected chi connectivity index (χ1v) is 14.3. The second-order valence-corrected chi connectivity index (χ2v) is 11.8. The lowest BCUT2D eigenvalue weighted by Crippen LogP contribution is -2.27. The monoisotopic (exact) mass is 748 g/mol. The van der Waals surface area contributed by atoms with Crippen LogP contribution >= 0.6 is 56.9 Å². The van der Waals surface area contributed by atoms with Crippen LogP contribution < -0.4 is 4.74 Å². The Morgan fingerprint density at radius 2 is 1.66 bits per heavy atom. The number of imide groups is 1. The number of carbonyl (C=O) groups is 2. The molecule has 0 radical (unpaired) electrons. The zero-order chi connectivity index (χ0) is 26.8. The number of amides is 2. The molecule has 7 nitrogen and oxygen atoms in total. The summed E-state index contributed by atoms with van der Waals surface area (Å²) in [7, 11) is 0. The number of benzene rings is 4. The van der Waals surface area contributed by atoms with Crippen LogP contribution in [0.1, 0.15) is 16.7 Å². The molecule has 0 bridgehead atoms. The topological polar surface area (TPSA) is 89.7 Å². The van der Waals surface area contributed by atoms with Crippen LogP contribution in [0, 0.1) is 17.3 Å². The van der Waals surface area contributed by atoms with E-state index in [2.05, 4.69) is 45.2 Å². The summed E-state index contributed by atoms with van der Waals surface area (Å²) in [4.78, 5) is 38.2. The molecule has 1 saturated heterocycles. The van der Waals surface area contributed by atoms with E-state index >= 15 is 0 Å². The maximum absolute atomic E-state index is 13.2. The average molecular weight is 748 g/mol. The molecule has 0 atom stereocenters. The number of fused-ring (bicyclic) bond motifs is 1. The highest BCUT2D eigenvalue weighted by molar-refractivity contribution is 14.1. The summed E-state index contributed by atoms with van der Waals surface area (Å²) in [5.74, 6) is 0.336. The Balaban J connectivity index is 1.33. The van der Waals surface area contributed by atoms with Gasteiger partial charge in [0.25, 0.3) is 16.8 Å². The summed E-state index contributed by atoms with van der Waals surface area (Å²) >= 11 is 5.25. The van der Waals surface area contributed by atoms with Gasteiger partial charge in [-0.1, -0.05) is 54.6 Å². The minimum Gasteiger partial charge on any atom is -0.487 e. The zero-order valence-electron chi connectivity index (χ0n) is 19.6. The fraction of sp³-hybridized carbons (Fsp3) is 0.0714. The summed E-state index contributed by atoms with van der Waals surface area (Å²) < 4.78 is 7.62. The van der Waals surface area contributed by atoms with Gasteiger partial charge in [-0.15, -0.1) is 0 Å². The quantitative estimate of drug-likeness (QED) is 0.0831. The lowest BCUT2D eigenvalue weighted by Gasteiger charge is -2.14. The molecule has 0 N–H and O–H groups in total. The van der Waals surface area contributed by atoms with Crippen molar-refractivity contribution in [3.63, 3.8) is 0 Å². The SMILES string of the molecule is O=C1S/C(=C/c2cc(I)c(OCc3cccc([N+](=O)[O-])c3)c(I)c2)C(=O)N1Cc1cccc2ccccc12. The number of thioether (sulfide) groups is 1. The molecule has 0 spiro atoms. The number of halogens is 2. The Morgan fingerprint density at radius 1 is 0.947 bits per heavy atom. The van der Waals surface area contributed by atoms with Crippen LogP contribution in [0.5, 0.6) is 5.75 Å². The molecule has 1 aliphatic rings. The van der Waals surface area contributed by atoms with Gasteiger partial charge in [-0.2, -0.15) is 0 Å². The molecule has 190 valence electrons. The normalized spacial score (nSPS) is 14.5. The number of nitrogens with zero attached hydrogens (tertiary/aromatic N) is 2. The third kappa shape index (κ3) is 5.71. The van der Waals surface area contributed by atoms with Gasteiger partial charge in [0.2, 0.25) is 0 Å². The molecule has 0 saturated carbocycles. The summed E-state index contributed by atoms with van der Waals surface area (Å²) in [6, 6.07) is 23.9. The molecule has 0 aliphatic carbocycles. The first-order chi connectivity index (χ1) is 18.3. The highest BCUT2D eigenvalue weighted by Crippen LogP contribution is 2.36. The molecular formula is C28H18I2N2O5S. The highest BCUT2D eigenvalue weighted by Gasteiger charge is 2.35. The van der Waals surface area contributed by atoms with E-state index in [9.17, 15) is 19.7 Å². The van der Waals surface area contributed by atoms with Gasteiger partial charge in [-0.25, -0.2) is 0 Å². The smallest absolute Gasteiger partial charge is 0.293 e. The van der Waals surface area contributed by atoms with Crippen molar-refractivity contribution in [2.75, 3.05) is 0 Å². The van der Waals surface area contributed by atoms with Crippen LogP contribution in [0.25, 0.3) is 16.8 Å². The molecule has 2 amide bonds. The van der Waals surface area contributed by atoms with Crippen LogP contribution in [-0.4, -0.2) is 21.0 Å². The number of nitro groups is 1. The third-order valence-corrected chi connectivity index (χ3v) is 8.41. The molecule has 1 heterocycles. The molecule has 0 unspecified atom stereocenters.